The fraction of sp³-hybridized carbons (Fsp3) is 0.417. The molecule has 0 fully saturated rings. The molecule has 112 valence electrons. The first-order chi connectivity index (χ1) is 9.15. The van der Waals surface area contributed by atoms with Crippen molar-refractivity contribution < 1.29 is 31.1 Å². The van der Waals surface area contributed by atoms with E-state index in [0.717, 1.165) is 0 Å². The fourth-order valence-electron chi connectivity index (χ4n) is 1.57. The zero-order valence-electron chi connectivity index (χ0n) is 10.3. The molecule has 1 amide bonds. The van der Waals surface area contributed by atoms with Crippen molar-refractivity contribution in [1.82, 2.24) is 5.32 Å². The SMILES string of the molecule is CC[C@@H](CC(F)(F)F)NC(=O)c1c(F)ccc(F)c1F. The second kappa shape index (κ2) is 6.15. The van der Waals surface area contributed by atoms with Crippen molar-refractivity contribution in [3.63, 3.8) is 0 Å². The molecule has 0 saturated heterocycles. The largest absolute Gasteiger partial charge is 0.391 e. The van der Waals surface area contributed by atoms with Crippen LogP contribution in [-0.4, -0.2) is 18.1 Å². The highest BCUT2D eigenvalue weighted by Crippen LogP contribution is 2.23. The highest BCUT2D eigenvalue weighted by Gasteiger charge is 2.32. The maximum absolute atomic E-state index is 13.3. The number of benzene rings is 1. The molecular formula is C12H11F6NO. The summed E-state index contributed by atoms with van der Waals surface area (Å²) in [7, 11) is 0. The van der Waals surface area contributed by atoms with E-state index >= 15 is 0 Å². The molecule has 1 aromatic carbocycles. The summed E-state index contributed by atoms with van der Waals surface area (Å²) in [6, 6.07) is -0.337. The Morgan fingerprint density at radius 3 is 2.25 bits per heavy atom. The van der Waals surface area contributed by atoms with Gasteiger partial charge in [0.1, 0.15) is 11.4 Å². The highest BCUT2D eigenvalue weighted by molar-refractivity contribution is 5.95. The summed E-state index contributed by atoms with van der Waals surface area (Å²) in [4.78, 5) is 11.6. The first-order valence-electron chi connectivity index (χ1n) is 5.66. The number of alkyl halides is 3. The van der Waals surface area contributed by atoms with Crippen LogP contribution in [0.15, 0.2) is 12.1 Å². The molecule has 0 bridgehead atoms. The van der Waals surface area contributed by atoms with Crippen molar-refractivity contribution in [3.8, 4) is 0 Å². The van der Waals surface area contributed by atoms with Crippen LogP contribution >= 0.6 is 0 Å². The number of carbonyl (C=O) groups excluding carboxylic acids is 1. The van der Waals surface area contributed by atoms with Crippen LogP contribution in [0.25, 0.3) is 0 Å². The monoisotopic (exact) mass is 299 g/mol. The van der Waals surface area contributed by atoms with Crippen LogP contribution in [0.2, 0.25) is 0 Å². The molecule has 0 radical (unpaired) electrons. The van der Waals surface area contributed by atoms with Crippen molar-refractivity contribution in [2.24, 2.45) is 0 Å². The lowest BCUT2D eigenvalue weighted by molar-refractivity contribution is -0.139. The maximum atomic E-state index is 13.3. The van der Waals surface area contributed by atoms with Gasteiger partial charge < -0.3 is 5.32 Å². The van der Waals surface area contributed by atoms with E-state index in [2.05, 4.69) is 0 Å². The minimum absolute atomic E-state index is 0.0934. The number of halogens is 6. The molecule has 20 heavy (non-hydrogen) atoms. The molecule has 0 heterocycles. The van der Waals surface area contributed by atoms with Crippen LogP contribution < -0.4 is 5.32 Å². The Labute approximate surface area is 110 Å². The van der Waals surface area contributed by atoms with E-state index in [1.54, 1.807) is 0 Å². The van der Waals surface area contributed by atoms with E-state index in [4.69, 9.17) is 0 Å². The molecule has 0 aliphatic carbocycles. The third kappa shape index (κ3) is 4.14. The highest BCUT2D eigenvalue weighted by atomic mass is 19.4. The summed E-state index contributed by atoms with van der Waals surface area (Å²) in [6.45, 7) is 1.37. The topological polar surface area (TPSA) is 29.1 Å². The predicted molar refractivity (Wildman–Crippen MR) is 58.5 cm³/mol. The van der Waals surface area contributed by atoms with Crippen LogP contribution in [0.4, 0.5) is 26.3 Å². The fourth-order valence-corrected chi connectivity index (χ4v) is 1.57. The molecule has 1 rings (SSSR count). The molecule has 1 atom stereocenters. The Balaban J connectivity index is 2.93. The van der Waals surface area contributed by atoms with Gasteiger partial charge in [0.25, 0.3) is 5.91 Å². The molecule has 8 heteroatoms. The van der Waals surface area contributed by atoms with Gasteiger partial charge in [0.2, 0.25) is 0 Å². The van der Waals surface area contributed by atoms with Crippen LogP contribution in [0.1, 0.15) is 30.1 Å². The molecule has 0 aromatic heterocycles. The summed E-state index contributed by atoms with van der Waals surface area (Å²) in [6.07, 6.45) is -5.97. The van der Waals surface area contributed by atoms with E-state index in [9.17, 15) is 31.1 Å². The number of amides is 1. The Hall–Kier alpha value is -1.73. The van der Waals surface area contributed by atoms with Crippen LogP contribution in [0, 0.1) is 17.5 Å². The third-order valence-electron chi connectivity index (χ3n) is 2.58. The summed E-state index contributed by atoms with van der Waals surface area (Å²) in [5.41, 5.74) is -1.23. The zero-order valence-corrected chi connectivity index (χ0v) is 10.3. The lowest BCUT2D eigenvalue weighted by Crippen LogP contribution is -2.38. The van der Waals surface area contributed by atoms with Gasteiger partial charge in [0.05, 0.1) is 6.42 Å². The minimum atomic E-state index is -4.53. The molecule has 0 spiro atoms. The van der Waals surface area contributed by atoms with Gasteiger partial charge in [0.15, 0.2) is 11.6 Å². The van der Waals surface area contributed by atoms with Gasteiger partial charge >= 0.3 is 6.18 Å². The van der Waals surface area contributed by atoms with E-state index in [1.807, 2.05) is 5.32 Å². The zero-order chi connectivity index (χ0) is 15.5. The third-order valence-corrected chi connectivity index (χ3v) is 2.58. The summed E-state index contributed by atoms with van der Waals surface area (Å²) < 4.78 is 76.1. The van der Waals surface area contributed by atoms with Crippen molar-refractivity contribution in [1.29, 1.82) is 0 Å². The van der Waals surface area contributed by atoms with E-state index in [0.29, 0.717) is 12.1 Å². The molecule has 0 aliphatic heterocycles. The molecule has 1 N–H and O–H groups in total. The molecule has 0 unspecified atom stereocenters. The molecule has 2 nitrogen and oxygen atoms in total. The maximum Gasteiger partial charge on any atom is 0.391 e. The van der Waals surface area contributed by atoms with Gasteiger partial charge in [-0.15, -0.1) is 0 Å². The summed E-state index contributed by atoms with van der Waals surface area (Å²) >= 11 is 0. The number of rotatable bonds is 4. The van der Waals surface area contributed by atoms with Crippen molar-refractivity contribution >= 4 is 5.91 Å². The Morgan fingerprint density at radius 2 is 1.75 bits per heavy atom. The minimum Gasteiger partial charge on any atom is -0.349 e. The van der Waals surface area contributed by atoms with Gasteiger partial charge in [-0.3, -0.25) is 4.79 Å². The summed E-state index contributed by atoms with van der Waals surface area (Å²) in [5, 5.41) is 1.84. The molecule has 1 aromatic rings. The predicted octanol–water partition coefficient (Wildman–Crippen LogP) is 3.56. The number of nitrogens with one attached hydrogen (secondary N) is 1. The van der Waals surface area contributed by atoms with E-state index < -0.39 is 47.6 Å². The summed E-state index contributed by atoms with van der Waals surface area (Å²) in [5.74, 6) is -5.95. The van der Waals surface area contributed by atoms with Gasteiger partial charge in [0, 0.05) is 6.04 Å². The number of hydrogen-bond donors (Lipinski definition) is 1. The van der Waals surface area contributed by atoms with Gasteiger partial charge in [-0.25, -0.2) is 13.2 Å². The average molecular weight is 299 g/mol. The average Bonchev–Trinajstić information content (AvgIpc) is 2.32. The van der Waals surface area contributed by atoms with Gasteiger partial charge in [-0.2, -0.15) is 13.2 Å². The normalized spacial score (nSPS) is 13.2. The quantitative estimate of drug-likeness (QED) is 0.668. The first kappa shape index (κ1) is 16.3. The van der Waals surface area contributed by atoms with Crippen molar-refractivity contribution in [2.45, 2.75) is 32.0 Å². The van der Waals surface area contributed by atoms with Crippen LogP contribution in [0.5, 0.6) is 0 Å². The number of carbonyl (C=O) groups is 1. The number of hydrogen-bond acceptors (Lipinski definition) is 1. The van der Waals surface area contributed by atoms with Gasteiger partial charge in [-0.05, 0) is 18.6 Å². The Morgan fingerprint density at radius 1 is 1.20 bits per heavy atom. The van der Waals surface area contributed by atoms with Gasteiger partial charge in [-0.1, -0.05) is 6.92 Å². The van der Waals surface area contributed by atoms with Crippen molar-refractivity contribution in [2.75, 3.05) is 0 Å². The van der Waals surface area contributed by atoms with Crippen LogP contribution in [-0.2, 0) is 0 Å². The second-order valence-corrected chi connectivity index (χ2v) is 4.12. The van der Waals surface area contributed by atoms with Crippen LogP contribution in [0.3, 0.4) is 0 Å². The smallest absolute Gasteiger partial charge is 0.349 e. The lowest BCUT2D eigenvalue weighted by Gasteiger charge is -2.19. The Bertz CT molecular complexity index is 499. The van der Waals surface area contributed by atoms with E-state index in [1.165, 1.54) is 6.92 Å². The van der Waals surface area contributed by atoms with Crippen molar-refractivity contribution in [3.05, 3.63) is 35.1 Å². The first-order valence-corrected chi connectivity index (χ1v) is 5.66. The van der Waals surface area contributed by atoms with E-state index in [-0.39, 0.29) is 6.42 Å². The molecule has 0 aliphatic rings. The standard InChI is InChI=1S/C12H11F6NO/c1-2-6(5-12(16,17)18)19-11(20)9-7(13)3-4-8(14)10(9)15/h3-4,6H,2,5H2,1H3,(H,19,20)/t6-/m0/s1. The molecule has 0 saturated carbocycles. The Kier molecular flexibility index (Phi) is 5.02. The second-order valence-electron chi connectivity index (χ2n) is 4.12. The lowest BCUT2D eigenvalue weighted by atomic mass is 10.1. The molecular weight excluding hydrogens is 288 g/mol.